The van der Waals surface area contributed by atoms with Crippen LogP contribution in [0.1, 0.15) is 12.1 Å². The third-order valence-corrected chi connectivity index (χ3v) is 4.85. The highest BCUT2D eigenvalue weighted by molar-refractivity contribution is 6.31. The molecule has 0 bridgehead atoms. The minimum absolute atomic E-state index is 0.0513. The maximum atomic E-state index is 13.4. The Hall–Kier alpha value is -3.06. The van der Waals surface area contributed by atoms with Crippen LogP contribution in [-0.4, -0.2) is 39.2 Å². The zero-order chi connectivity index (χ0) is 19.0. The van der Waals surface area contributed by atoms with Crippen molar-refractivity contribution >= 4 is 45.7 Å². The van der Waals surface area contributed by atoms with Crippen molar-refractivity contribution in [2.45, 2.75) is 6.42 Å². The Morgan fingerprint density at radius 2 is 2.19 bits per heavy atom. The van der Waals surface area contributed by atoms with Crippen LogP contribution in [0.3, 0.4) is 0 Å². The fourth-order valence-corrected chi connectivity index (χ4v) is 3.31. The summed E-state index contributed by atoms with van der Waals surface area (Å²) in [5, 5.41) is 13.2. The van der Waals surface area contributed by atoms with E-state index in [-0.39, 0.29) is 5.02 Å². The predicted octanol–water partition coefficient (Wildman–Crippen LogP) is 4.87. The van der Waals surface area contributed by atoms with Crippen molar-refractivity contribution in [3.63, 3.8) is 0 Å². The second-order valence-corrected chi connectivity index (χ2v) is 6.67. The molecular formula is C19H16ClFN4O2. The standard InChI is InChI=1S/C19H16ClFN4O2/c20-14-9-12(1-2-15(14)21)23-16-3-6-22-18-13(16)10-17(24-18)11-4-7-25(8-5-11)19(26)27/h1-4,6,9-10H,5,7-8H2,(H,26,27)(H2,22,23,24). The van der Waals surface area contributed by atoms with Gasteiger partial charge in [0.15, 0.2) is 0 Å². The number of nitrogens with one attached hydrogen (secondary N) is 2. The summed E-state index contributed by atoms with van der Waals surface area (Å²) < 4.78 is 13.4. The Labute approximate surface area is 159 Å². The second-order valence-electron chi connectivity index (χ2n) is 6.27. The first-order valence-electron chi connectivity index (χ1n) is 8.38. The van der Waals surface area contributed by atoms with Crippen molar-refractivity contribution in [3.8, 4) is 0 Å². The summed E-state index contributed by atoms with van der Waals surface area (Å²) in [4.78, 5) is 20.1. The largest absolute Gasteiger partial charge is 0.465 e. The maximum absolute atomic E-state index is 13.4. The van der Waals surface area contributed by atoms with Gasteiger partial charge in [0.05, 0.1) is 10.7 Å². The van der Waals surface area contributed by atoms with Crippen LogP contribution >= 0.6 is 11.6 Å². The van der Waals surface area contributed by atoms with E-state index in [1.54, 1.807) is 12.3 Å². The van der Waals surface area contributed by atoms with Crippen LogP contribution in [0.4, 0.5) is 20.6 Å². The average Bonchev–Trinajstić information content (AvgIpc) is 3.10. The van der Waals surface area contributed by atoms with Crippen LogP contribution in [0.5, 0.6) is 0 Å². The number of benzene rings is 1. The Morgan fingerprint density at radius 1 is 1.33 bits per heavy atom. The molecule has 8 heteroatoms. The predicted molar refractivity (Wildman–Crippen MR) is 103 cm³/mol. The first-order valence-corrected chi connectivity index (χ1v) is 8.76. The van der Waals surface area contributed by atoms with E-state index in [1.807, 2.05) is 18.2 Å². The van der Waals surface area contributed by atoms with Crippen molar-refractivity contribution in [1.29, 1.82) is 0 Å². The molecule has 1 aromatic carbocycles. The molecule has 2 aromatic heterocycles. The number of carbonyl (C=O) groups is 1. The Morgan fingerprint density at radius 3 is 2.89 bits per heavy atom. The van der Waals surface area contributed by atoms with E-state index in [2.05, 4.69) is 15.3 Å². The number of fused-ring (bicyclic) bond motifs is 1. The van der Waals surface area contributed by atoms with Crippen molar-refractivity contribution in [3.05, 3.63) is 59.1 Å². The quantitative estimate of drug-likeness (QED) is 0.600. The molecule has 0 atom stereocenters. The topological polar surface area (TPSA) is 81.2 Å². The molecule has 0 fully saturated rings. The molecule has 0 saturated heterocycles. The fraction of sp³-hybridized carbons (Fsp3) is 0.158. The first-order chi connectivity index (χ1) is 13.0. The molecule has 3 heterocycles. The number of aromatic nitrogens is 2. The zero-order valence-corrected chi connectivity index (χ0v) is 14.9. The van der Waals surface area contributed by atoms with Gasteiger partial charge in [0, 0.05) is 36.1 Å². The van der Waals surface area contributed by atoms with Gasteiger partial charge in [-0.05, 0) is 42.3 Å². The van der Waals surface area contributed by atoms with E-state index in [0.717, 1.165) is 22.3 Å². The van der Waals surface area contributed by atoms with Crippen LogP contribution in [0.15, 0.2) is 42.6 Å². The number of anilines is 2. The van der Waals surface area contributed by atoms with E-state index in [4.69, 9.17) is 16.7 Å². The molecule has 1 aliphatic rings. The van der Waals surface area contributed by atoms with E-state index < -0.39 is 11.9 Å². The number of hydrogen-bond acceptors (Lipinski definition) is 3. The van der Waals surface area contributed by atoms with Gasteiger partial charge in [-0.15, -0.1) is 0 Å². The Bertz CT molecular complexity index is 1060. The van der Waals surface area contributed by atoms with Gasteiger partial charge in [-0.2, -0.15) is 0 Å². The van der Waals surface area contributed by atoms with Crippen LogP contribution in [0, 0.1) is 5.82 Å². The number of H-pyrrole nitrogens is 1. The van der Waals surface area contributed by atoms with Crippen molar-refractivity contribution < 1.29 is 14.3 Å². The molecule has 6 nitrogen and oxygen atoms in total. The minimum Gasteiger partial charge on any atom is -0.465 e. The third kappa shape index (κ3) is 3.46. The normalized spacial score (nSPS) is 14.3. The highest BCUT2D eigenvalue weighted by Crippen LogP contribution is 2.31. The monoisotopic (exact) mass is 386 g/mol. The molecule has 0 radical (unpaired) electrons. The van der Waals surface area contributed by atoms with E-state index in [0.29, 0.717) is 30.8 Å². The molecule has 1 amide bonds. The molecule has 3 N–H and O–H groups in total. The molecule has 1 aliphatic heterocycles. The van der Waals surface area contributed by atoms with Gasteiger partial charge >= 0.3 is 6.09 Å². The van der Waals surface area contributed by atoms with Crippen molar-refractivity contribution in [2.75, 3.05) is 18.4 Å². The van der Waals surface area contributed by atoms with Crippen molar-refractivity contribution in [1.82, 2.24) is 14.9 Å². The average molecular weight is 387 g/mol. The highest BCUT2D eigenvalue weighted by Gasteiger charge is 2.18. The third-order valence-electron chi connectivity index (χ3n) is 4.56. The van der Waals surface area contributed by atoms with Gasteiger partial charge in [0.2, 0.25) is 0 Å². The summed E-state index contributed by atoms with van der Waals surface area (Å²) in [6.07, 6.45) is 3.32. The molecule has 0 unspecified atom stereocenters. The van der Waals surface area contributed by atoms with Gasteiger partial charge in [-0.3, -0.25) is 0 Å². The van der Waals surface area contributed by atoms with Crippen LogP contribution < -0.4 is 5.32 Å². The lowest BCUT2D eigenvalue weighted by Gasteiger charge is -2.23. The summed E-state index contributed by atoms with van der Waals surface area (Å²) in [7, 11) is 0. The number of hydrogen-bond donors (Lipinski definition) is 3. The van der Waals surface area contributed by atoms with Gasteiger partial charge < -0.3 is 20.3 Å². The summed E-state index contributed by atoms with van der Waals surface area (Å²) in [6, 6.07) is 8.27. The van der Waals surface area contributed by atoms with E-state index in [9.17, 15) is 9.18 Å². The lowest BCUT2D eigenvalue weighted by molar-refractivity contribution is 0.150. The summed E-state index contributed by atoms with van der Waals surface area (Å²) in [5.41, 5.74) is 4.17. The summed E-state index contributed by atoms with van der Waals surface area (Å²) >= 11 is 5.85. The Kier molecular flexibility index (Phi) is 4.45. The van der Waals surface area contributed by atoms with Gasteiger partial charge in [-0.25, -0.2) is 14.2 Å². The highest BCUT2D eigenvalue weighted by atomic mass is 35.5. The van der Waals surface area contributed by atoms with E-state index in [1.165, 1.54) is 17.0 Å². The number of pyridine rings is 1. The van der Waals surface area contributed by atoms with Crippen LogP contribution in [0.25, 0.3) is 16.6 Å². The molecule has 0 saturated carbocycles. The van der Waals surface area contributed by atoms with Gasteiger partial charge in [0.1, 0.15) is 11.5 Å². The van der Waals surface area contributed by atoms with Gasteiger partial charge in [-0.1, -0.05) is 17.7 Å². The molecule has 138 valence electrons. The number of halogens is 2. The smallest absolute Gasteiger partial charge is 0.407 e. The molecule has 4 rings (SSSR count). The van der Waals surface area contributed by atoms with Gasteiger partial charge in [0.25, 0.3) is 0 Å². The lowest BCUT2D eigenvalue weighted by Crippen LogP contribution is -2.33. The lowest BCUT2D eigenvalue weighted by atomic mass is 10.1. The Balaban J connectivity index is 1.64. The maximum Gasteiger partial charge on any atom is 0.407 e. The minimum atomic E-state index is -0.909. The molecule has 0 spiro atoms. The summed E-state index contributed by atoms with van der Waals surface area (Å²) in [5.74, 6) is -0.467. The molecule has 27 heavy (non-hydrogen) atoms. The fourth-order valence-electron chi connectivity index (χ4n) is 3.13. The summed E-state index contributed by atoms with van der Waals surface area (Å²) in [6.45, 7) is 0.829. The molecular weight excluding hydrogens is 371 g/mol. The number of aromatic amines is 1. The molecule has 3 aromatic rings. The van der Waals surface area contributed by atoms with Crippen LogP contribution in [-0.2, 0) is 0 Å². The second kappa shape index (κ2) is 6.92. The SMILES string of the molecule is O=C(O)N1CC=C(c2cc3c(Nc4ccc(F)c(Cl)c4)ccnc3[nH]2)CC1. The zero-order valence-electron chi connectivity index (χ0n) is 14.2. The first kappa shape index (κ1) is 17.4. The number of amides is 1. The molecule has 0 aliphatic carbocycles. The number of rotatable bonds is 3. The van der Waals surface area contributed by atoms with E-state index >= 15 is 0 Å². The number of nitrogens with zero attached hydrogens (tertiary/aromatic N) is 2. The number of carboxylic acid groups (broad SMARTS) is 1. The van der Waals surface area contributed by atoms with Crippen LogP contribution in [0.2, 0.25) is 5.02 Å². The van der Waals surface area contributed by atoms with Crippen molar-refractivity contribution in [2.24, 2.45) is 0 Å².